The quantitative estimate of drug-likeness (QED) is 0.440. The molecule has 0 radical (unpaired) electrons. The van der Waals surface area contributed by atoms with Gasteiger partial charge in [-0.25, -0.2) is 4.79 Å². The minimum Gasteiger partial charge on any atom is -0.347 e. The first-order valence-corrected chi connectivity index (χ1v) is 10.8. The van der Waals surface area contributed by atoms with Crippen LogP contribution in [0.3, 0.4) is 0 Å². The van der Waals surface area contributed by atoms with Gasteiger partial charge >= 0.3 is 6.03 Å². The van der Waals surface area contributed by atoms with Crippen molar-refractivity contribution in [1.29, 1.82) is 0 Å². The van der Waals surface area contributed by atoms with Crippen LogP contribution in [0.4, 0.5) is 4.79 Å². The number of hydrogen-bond donors (Lipinski definition) is 2. The van der Waals surface area contributed by atoms with E-state index in [1.54, 1.807) is 6.20 Å². The molecule has 158 valence electrons. The molecule has 0 fully saturated rings. The van der Waals surface area contributed by atoms with Crippen LogP contribution in [0, 0.1) is 0 Å². The van der Waals surface area contributed by atoms with Gasteiger partial charge in [-0.05, 0) is 42.2 Å². The topological polar surface area (TPSA) is 59.0 Å². The zero-order valence-electron chi connectivity index (χ0n) is 17.8. The Hall–Kier alpha value is -3.60. The minimum atomic E-state index is -0.149. The number of fused-ring (bicyclic) bond motifs is 1. The summed E-state index contributed by atoms with van der Waals surface area (Å²) in [7, 11) is 0. The Balaban J connectivity index is 1.49. The van der Waals surface area contributed by atoms with Gasteiger partial charge < -0.3 is 15.2 Å². The van der Waals surface area contributed by atoms with Gasteiger partial charge in [-0.2, -0.15) is 0 Å². The summed E-state index contributed by atoms with van der Waals surface area (Å²) in [5.41, 5.74) is 4.71. The molecule has 0 spiro atoms. The fourth-order valence-electron chi connectivity index (χ4n) is 4.03. The number of aromatic nitrogens is 2. The average molecular weight is 413 g/mol. The summed E-state index contributed by atoms with van der Waals surface area (Å²) in [6.07, 6.45) is 6.68. The lowest BCUT2D eigenvalue weighted by atomic mass is 9.92. The molecular weight excluding hydrogens is 384 g/mol. The highest BCUT2D eigenvalue weighted by atomic mass is 16.2. The van der Waals surface area contributed by atoms with Gasteiger partial charge in [0.05, 0.1) is 0 Å². The van der Waals surface area contributed by atoms with Crippen molar-refractivity contribution in [2.75, 3.05) is 13.1 Å². The number of rotatable bonds is 8. The second-order valence-electron chi connectivity index (χ2n) is 7.60. The molecule has 0 bridgehead atoms. The Morgan fingerprint density at radius 2 is 1.81 bits per heavy atom. The summed E-state index contributed by atoms with van der Waals surface area (Å²) in [5, 5.41) is 7.26. The molecule has 2 heterocycles. The summed E-state index contributed by atoms with van der Waals surface area (Å²) < 4.78 is 2.26. The van der Waals surface area contributed by atoms with E-state index >= 15 is 0 Å². The van der Waals surface area contributed by atoms with Crippen molar-refractivity contribution in [3.8, 4) is 0 Å². The lowest BCUT2D eigenvalue weighted by molar-refractivity contribution is 0.240. The first-order valence-electron chi connectivity index (χ1n) is 10.8. The molecule has 5 heteroatoms. The van der Waals surface area contributed by atoms with Crippen molar-refractivity contribution in [2.24, 2.45) is 0 Å². The molecule has 5 nitrogen and oxygen atoms in total. The van der Waals surface area contributed by atoms with Gasteiger partial charge in [0.15, 0.2) is 0 Å². The zero-order chi connectivity index (χ0) is 21.5. The maximum Gasteiger partial charge on any atom is 0.314 e. The molecule has 0 aliphatic carbocycles. The summed E-state index contributed by atoms with van der Waals surface area (Å²) >= 11 is 0. The number of nitrogens with one attached hydrogen (secondary N) is 2. The van der Waals surface area contributed by atoms with E-state index in [1.165, 1.54) is 22.0 Å². The van der Waals surface area contributed by atoms with E-state index in [0.717, 1.165) is 18.5 Å². The second-order valence-corrected chi connectivity index (χ2v) is 7.60. The Morgan fingerprint density at radius 1 is 1.00 bits per heavy atom. The summed E-state index contributed by atoms with van der Waals surface area (Å²) in [4.78, 5) is 16.8. The number of benzene rings is 2. The van der Waals surface area contributed by atoms with Crippen LogP contribution in [-0.4, -0.2) is 28.7 Å². The van der Waals surface area contributed by atoms with Crippen molar-refractivity contribution in [2.45, 2.75) is 25.8 Å². The number of amides is 2. The van der Waals surface area contributed by atoms with Gasteiger partial charge in [-0.1, -0.05) is 54.6 Å². The van der Waals surface area contributed by atoms with Crippen LogP contribution in [0.5, 0.6) is 0 Å². The van der Waals surface area contributed by atoms with Crippen LogP contribution in [0.25, 0.3) is 10.9 Å². The highest BCUT2D eigenvalue weighted by molar-refractivity contribution is 5.85. The Morgan fingerprint density at radius 3 is 2.58 bits per heavy atom. The number of urea groups is 1. The number of carbonyl (C=O) groups excluding carboxylic acids is 1. The first-order chi connectivity index (χ1) is 15.3. The number of nitrogens with zero attached hydrogens (tertiary/aromatic N) is 2. The predicted molar refractivity (Wildman–Crippen MR) is 125 cm³/mol. The van der Waals surface area contributed by atoms with Crippen LogP contribution in [0.1, 0.15) is 29.5 Å². The first kappa shape index (κ1) is 20.7. The molecule has 2 aromatic carbocycles. The summed E-state index contributed by atoms with van der Waals surface area (Å²) in [6.45, 7) is 4.14. The van der Waals surface area contributed by atoms with Crippen molar-refractivity contribution in [1.82, 2.24) is 20.2 Å². The Labute approximate surface area is 183 Å². The summed E-state index contributed by atoms with van der Waals surface area (Å²) in [6, 6.07) is 22.5. The molecule has 0 aliphatic heterocycles. The van der Waals surface area contributed by atoms with Crippen LogP contribution in [-0.2, 0) is 13.0 Å². The lowest BCUT2D eigenvalue weighted by Crippen LogP contribution is -2.38. The van der Waals surface area contributed by atoms with Crippen LogP contribution < -0.4 is 10.6 Å². The van der Waals surface area contributed by atoms with Crippen molar-refractivity contribution in [3.63, 3.8) is 0 Å². The molecule has 0 aliphatic rings. The molecule has 2 amide bonds. The zero-order valence-corrected chi connectivity index (χ0v) is 17.8. The number of hydrogen-bond acceptors (Lipinski definition) is 2. The molecule has 0 saturated heterocycles. The molecule has 2 N–H and O–H groups in total. The third-order valence-electron chi connectivity index (χ3n) is 5.63. The van der Waals surface area contributed by atoms with Gasteiger partial charge in [0.1, 0.15) is 0 Å². The van der Waals surface area contributed by atoms with Crippen molar-refractivity contribution >= 4 is 16.9 Å². The number of carbonyl (C=O) groups is 1. The summed E-state index contributed by atoms with van der Waals surface area (Å²) in [5.74, 6) is 0.0197. The van der Waals surface area contributed by atoms with Gasteiger partial charge in [-0.3, -0.25) is 4.98 Å². The SMILES string of the molecule is CCn1cc(C(CNC(=O)NCCc2ccccc2)c2cccnc2)c2ccccc21. The largest absolute Gasteiger partial charge is 0.347 e. The minimum absolute atomic E-state index is 0.0197. The molecule has 31 heavy (non-hydrogen) atoms. The lowest BCUT2D eigenvalue weighted by Gasteiger charge is -2.18. The second kappa shape index (κ2) is 9.94. The van der Waals surface area contributed by atoms with E-state index in [-0.39, 0.29) is 11.9 Å². The molecule has 0 saturated carbocycles. The van der Waals surface area contributed by atoms with Gasteiger partial charge in [0, 0.05) is 55.0 Å². The van der Waals surface area contributed by atoms with E-state index in [0.29, 0.717) is 13.1 Å². The smallest absolute Gasteiger partial charge is 0.314 e. The van der Waals surface area contributed by atoms with Gasteiger partial charge in [0.2, 0.25) is 0 Å². The number of aryl methyl sites for hydroxylation is 1. The van der Waals surface area contributed by atoms with Gasteiger partial charge in [-0.15, -0.1) is 0 Å². The van der Waals surface area contributed by atoms with Crippen molar-refractivity contribution < 1.29 is 4.79 Å². The van der Waals surface area contributed by atoms with Crippen molar-refractivity contribution in [3.05, 3.63) is 102 Å². The van der Waals surface area contributed by atoms with E-state index in [2.05, 4.69) is 75.8 Å². The molecule has 1 atom stereocenters. The average Bonchev–Trinajstić information content (AvgIpc) is 3.19. The number of para-hydroxylation sites is 1. The third kappa shape index (κ3) is 4.94. The molecule has 2 aromatic heterocycles. The Kier molecular flexibility index (Phi) is 6.62. The highest BCUT2D eigenvalue weighted by Crippen LogP contribution is 2.31. The fraction of sp³-hybridized carbons (Fsp3) is 0.231. The predicted octanol–water partition coefficient (Wildman–Crippen LogP) is 4.73. The maximum absolute atomic E-state index is 12.5. The molecule has 1 unspecified atom stereocenters. The Bertz CT molecular complexity index is 1120. The normalized spacial score (nSPS) is 11.9. The van der Waals surface area contributed by atoms with E-state index < -0.39 is 0 Å². The van der Waals surface area contributed by atoms with E-state index in [4.69, 9.17) is 0 Å². The monoisotopic (exact) mass is 412 g/mol. The third-order valence-corrected chi connectivity index (χ3v) is 5.63. The molecule has 4 rings (SSSR count). The van der Waals surface area contributed by atoms with E-state index in [9.17, 15) is 4.79 Å². The molecular formula is C26H28N4O. The maximum atomic E-state index is 12.5. The molecule has 4 aromatic rings. The van der Waals surface area contributed by atoms with Crippen LogP contribution in [0.2, 0.25) is 0 Å². The van der Waals surface area contributed by atoms with Crippen LogP contribution >= 0.6 is 0 Å². The highest BCUT2D eigenvalue weighted by Gasteiger charge is 2.20. The fourth-order valence-corrected chi connectivity index (χ4v) is 4.03. The standard InChI is InChI=1S/C26H28N4O/c1-2-30-19-24(22-12-6-7-13-25(22)30)23(21-11-8-15-27-17-21)18-29-26(31)28-16-14-20-9-4-3-5-10-20/h3-13,15,17,19,23H,2,14,16,18H2,1H3,(H2,28,29,31). The number of pyridine rings is 1. The van der Waals surface area contributed by atoms with Gasteiger partial charge in [0.25, 0.3) is 0 Å². The van der Waals surface area contributed by atoms with E-state index in [1.807, 2.05) is 30.5 Å². The van der Waals surface area contributed by atoms with Crippen LogP contribution in [0.15, 0.2) is 85.3 Å².